The molecule has 1 heterocycles. The van der Waals surface area contributed by atoms with Crippen molar-refractivity contribution >= 4 is 29.3 Å². The van der Waals surface area contributed by atoms with Gasteiger partial charge in [0, 0.05) is 28.6 Å². The minimum absolute atomic E-state index is 0.0122. The number of halogens is 4. The summed E-state index contributed by atoms with van der Waals surface area (Å²) in [5.41, 5.74) is -2.07. The summed E-state index contributed by atoms with van der Waals surface area (Å²) < 4.78 is 30.4. The Bertz CT molecular complexity index is 1060. The van der Waals surface area contributed by atoms with Crippen molar-refractivity contribution in [1.29, 1.82) is 5.26 Å². The second-order valence-electron chi connectivity index (χ2n) is 9.05. The number of rotatable bonds is 3. The van der Waals surface area contributed by atoms with Crippen LogP contribution in [0.4, 0.5) is 13.6 Å². The van der Waals surface area contributed by atoms with E-state index in [9.17, 15) is 15.2 Å². The van der Waals surface area contributed by atoms with E-state index in [1.165, 1.54) is 30.3 Å². The first-order chi connectivity index (χ1) is 14.4. The molecule has 3 rings (SSSR count). The van der Waals surface area contributed by atoms with Gasteiger partial charge in [0.2, 0.25) is 0 Å². The van der Waals surface area contributed by atoms with Crippen molar-refractivity contribution in [1.82, 2.24) is 4.90 Å². The molecule has 8 heteroatoms. The molecule has 0 aromatic heterocycles. The highest BCUT2D eigenvalue weighted by Gasteiger charge is 2.60. The molecular weight excluding hydrogens is 445 g/mol. The van der Waals surface area contributed by atoms with Crippen LogP contribution in [0.15, 0.2) is 36.4 Å². The molecule has 3 atom stereocenters. The smallest absolute Gasteiger partial charge is 0.407 e. The van der Waals surface area contributed by atoms with Crippen LogP contribution < -0.4 is 0 Å². The predicted octanol–water partition coefficient (Wildman–Crippen LogP) is 6.82. The molecule has 1 amide bonds. The standard InChI is InChI=1S/C23H22Cl2F2N2O2/c1-22(2,3)10-13-11-29(21(30)31)20(15-5-4-6-17(25)19(15)27)23(13,12-28)16-8-7-14(24)9-18(16)26/h4-9,13,20H,10-11H2,1-3H3,(H,30,31). The predicted molar refractivity (Wildman–Crippen MR) is 115 cm³/mol. The molecule has 0 aliphatic carbocycles. The Hall–Kier alpha value is -2.36. The Morgan fingerprint density at radius 1 is 1.29 bits per heavy atom. The fourth-order valence-electron chi connectivity index (χ4n) is 4.66. The summed E-state index contributed by atoms with van der Waals surface area (Å²) in [6.45, 7) is 5.79. The molecule has 2 aromatic rings. The maximum absolute atomic E-state index is 15.2. The van der Waals surface area contributed by atoms with Gasteiger partial charge in [-0.1, -0.05) is 62.2 Å². The second kappa shape index (κ2) is 8.29. The summed E-state index contributed by atoms with van der Waals surface area (Å²) in [4.78, 5) is 13.2. The Labute approximate surface area is 190 Å². The third-order valence-electron chi connectivity index (χ3n) is 5.75. The SMILES string of the molecule is CC(C)(C)CC1CN(C(=O)O)C(c2cccc(Cl)c2F)C1(C#N)c1ccc(Cl)cc1F. The Kier molecular flexibility index (Phi) is 6.23. The maximum Gasteiger partial charge on any atom is 0.407 e. The monoisotopic (exact) mass is 466 g/mol. The van der Waals surface area contributed by atoms with Gasteiger partial charge in [-0.25, -0.2) is 13.6 Å². The van der Waals surface area contributed by atoms with E-state index in [1.54, 1.807) is 0 Å². The number of benzene rings is 2. The Balaban J connectivity index is 2.38. The molecule has 1 fully saturated rings. The molecule has 2 aromatic carbocycles. The minimum Gasteiger partial charge on any atom is -0.465 e. The number of carboxylic acid groups (broad SMARTS) is 1. The van der Waals surface area contributed by atoms with Gasteiger partial charge < -0.3 is 5.11 Å². The molecule has 0 saturated carbocycles. The van der Waals surface area contributed by atoms with Crippen molar-refractivity contribution in [3.63, 3.8) is 0 Å². The maximum atomic E-state index is 15.2. The number of hydrogen-bond donors (Lipinski definition) is 1. The summed E-state index contributed by atoms with van der Waals surface area (Å²) in [5.74, 6) is -2.17. The molecule has 1 aliphatic rings. The minimum atomic E-state index is -1.69. The first-order valence-corrected chi connectivity index (χ1v) is 10.5. The lowest BCUT2D eigenvalue weighted by molar-refractivity contribution is 0.133. The first-order valence-electron chi connectivity index (χ1n) is 9.72. The van der Waals surface area contributed by atoms with Crippen molar-refractivity contribution in [3.05, 3.63) is 69.2 Å². The molecule has 0 radical (unpaired) electrons. The molecule has 1 aliphatic heterocycles. The van der Waals surface area contributed by atoms with Gasteiger partial charge in [-0.05, 0) is 30.0 Å². The van der Waals surface area contributed by atoms with E-state index < -0.39 is 35.1 Å². The van der Waals surface area contributed by atoms with E-state index in [2.05, 4.69) is 6.07 Å². The van der Waals surface area contributed by atoms with E-state index in [0.29, 0.717) is 6.42 Å². The lowest BCUT2D eigenvalue weighted by atomic mass is 9.63. The highest BCUT2D eigenvalue weighted by molar-refractivity contribution is 6.31. The largest absolute Gasteiger partial charge is 0.465 e. The van der Waals surface area contributed by atoms with Crippen LogP contribution in [0, 0.1) is 34.3 Å². The van der Waals surface area contributed by atoms with E-state index in [4.69, 9.17) is 23.2 Å². The highest BCUT2D eigenvalue weighted by Crippen LogP contribution is 2.56. The van der Waals surface area contributed by atoms with E-state index in [1.807, 2.05) is 20.8 Å². The lowest BCUT2D eigenvalue weighted by Gasteiger charge is -2.37. The molecular formula is C23H22Cl2F2N2O2. The van der Waals surface area contributed by atoms with Crippen molar-refractivity contribution in [2.75, 3.05) is 6.54 Å². The summed E-state index contributed by atoms with van der Waals surface area (Å²) >= 11 is 11.9. The average molecular weight is 467 g/mol. The van der Waals surface area contributed by atoms with Gasteiger partial charge in [0.1, 0.15) is 17.0 Å². The zero-order chi connectivity index (χ0) is 23.1. The third kappa shape index (κ3) is 4.09. The second-order valence-corrected chi connectivity index (χ2v) is 9.89. The van der Waals surface area contributed by atoms with Gasteiger partial charge in [0.25, 0.3) is 0 Å². The van der Waals surface area contributed by atoms with Crippen LogP contribution in [0.25, 0.3) is 0 Å². The van der Waals surface area contributed by atoms with Crippen LogP contribution in [-0.2, 0) is 5.41 Å². The highest BCUT2D eigenvalue weighted by atomic mass is 35.5. The molecule has 0 bridgehead atoms. The van der Waals surface area contributed by atoms with E-state index in [-0.39, 0.29) is 33.1 Å². The molecule has 1 N–H and O–H groups in total. The molecule has 31 heavy (non-hydrogen) atoms. The van der Waals surface area contributed by atoms with Crippen molar-refractivity contribution < 1.29 is 18.7 Å². The fraction of sp³-hybridized carbons (Fsp3) is 0.391. The van der Waals surface area contributed by atoms with Gasteiger partial charge in [-0.15, -0.1) is 0 Å². The van der Waals surface area contributed by atoms with Crippen LogP contribution in [0.5, 0.6) is 0 Å². The topological polar surface area (TPSA) is 64.3 Å². The van der Waals surface area contributed by atoms with Gasteiger partial charge >= 0.3 is 6.09 Å². The fourth-order valence-corrected chi connectivity index (χ4v) is 5.00. The van der Waals surface area contributed by atoms with Gasteiger partial charge in [0.15, 0.2) is 0 Å². The van der Waals surface area contributed by atoms with Crippen molar-refractivity contribution in [3.8, 4) is 6.07 Å². The van der Waals surface area contributed by atoms with Crippen LogP contribution in [0.1, 0.15) is 44.4 Å². The number of likely N-dealkylation sites (tertiary alicyclic amines) is 1. The number of hydrogen-bond acceptors (Lipinski definition) is 2. The molecule has 0 spiro atoms. The van der Waals surface area contributed by atoms with E-state index >= 15 is 8.78 Å². The number of nitrogens with zero attached hydrogens (tertiary/aromatic N) is 2. The van der Waals surface area contributed by atoms with E-state index in [0.717, 1.165) is 11.0 Å². The molecule has 1 saturated heterocycles. The van der Waals surface area contributed by atoms with Crippen molar-refractivity contribution in [2.45, 2.75) is 38.6 Å². The van der Waals surface area contributed by atoms with Gasteiger partial charge in [0.05, 0.1) is 17.1 Å². The zero-order valence-electron chi connectivity index (χ0n) is 17.3. The number of nitriles is 1. The zero-order valence-corrected chi connectivity index (χ0v) is 18.8. The Morgan fingerprint density at radius 2 is 1.97 bits per heavy atom. The van der Waals surface area contributed by atoms with Crippen LogP contribution in [-0.4, -0.2) is 22.6 Å². The Morgan fingerprint density at radius 3 is 2.52 bits per heavy atom. The third-order valence-corrected chi connectivity index (χ3v) is 6.27. The van der Waals surface area contributed by atoms with Gasteiger partial charge in [-0.3, -0.25) is 4.90 Å². The van der Waals surface area contributed by atoms with Crippen molar-refractivity contribution in [2.24, 2.45) is 11.3 Å². The van der Waals surface area contributed by atoms with Crippen LogP contribution in [0.3, 0.4) is 0 Å². The first kappa shape index (κ1) is 23.3. The average Bonchev–Trinajstić information content (AvgIpc) is 2.97. The lowest BCUT2D eigenvalue weighted by Crippen LogP contribution is -2.40. The van der Waals surface area contributed by atoms with Crippen LogP contribution in [0.2, 0.25) is 10.0 Å². The quantitative estimate of drug-likeness (QED) is 0.539. The molecule has 3 unspecified atom stereocenters. The molecule has 4 nitrogen and oxygen atoms in total. The number of amides is 1. The summed E-state index contributed by atoms with van der Waals surface area (Å²) in [6, 6.07) is 9.04. The summed E-state index contributed by atoms with van der Waals surface area (Å²) in [5, 5.41) is 20.4. The summed E-state index contributed by atoms with van der Waals surface area (Å²) in [6.07, 6.45) is -0.916. The van der Waals surface area contributed by atoms with Crippen LogP contribution >= 0.6 is 23.2 Å². The normalized spacial score (nSPS) is 23.6. The molecule has 164 valence electrons. The van der Waals surface area contributed by atoms with Gasteiger partial charge in [-0.2, -0.15) is 5.26 Å². The summed E-state index contributed by atoms with van der Waals surface area (Å²) in [7, 11) is 0. The number of carbonyl (C=O) groups is 1.